The summed E-state index contributed by atoms with van der Waals surface area (Å²) in [5.74, 6) is 0.0948. The zero-order valence-electron chi connectivity index (χ0n) is 9.94. The molecule has 0 atom stereocenters. The molecule has 1 aromatic carbocycles. The van der Waals surface area contributed by atoms with Gasteiger partial charge in [0.25, 0.3) is 0 Å². The minimum Gasteiger partial charge on any atom is -0.310 e. The fourth-order valence-corrected chi connectivity index (χ4v) is 2.18. The number of hydrogen-bond acceptors (Lipinski definition) is 3. The van der Waals surface area contributed by atoms with Crippen molar-refractivity contribution in [3.8, 4) is 0 Å². The highest BCUT2D eigenvalue weighted by atomic mass is 32.2. The Kier molecular flexibility index (Phi) is 3.69. The van der Waals surface area contributed by atoms with Gasteiger partial charge in [0.1, 0.15) is 0 Å². The predicted molar refractivity (Wildman–Crippen MR) is 69.4 cm³/mol. The van der Waals surface area contributed by atoms with Crippen molar-refractivity contribution >= 4 is 15.7 Å². The van der Waals surface area contributed by atoms with Crippen molar-refractivity contribution in [1.29, 1.82) is 0 Å². The SMILES string of the molecule is CCS(=O)(=O)Nc1cccc(CNC2CC2)c1. The lowest BCUT2D eigenvalue weighted by atomic mass is 10.2. The Morgan fingerprint density at radius 2 is 2.12 bits per heavy atom. The summed E-state index contributed by atoms with van der Waals surface area (Å²) < 4.78 is 25.4. The van der Waals surface area contributed by atoms with E-state index >= 15 is 0 Å². The van der Waals surface area contributed by atoms with Gasteiger partial charge in [0.2, 0.25) is 10.0 Å². The van der Waals surface area contributed by atoms with Crippen LogP contribution in [0.2, 0.25) is 0 Å². The van der Waals surface area contributed by atoms with E-state index in [4.69, 9.17) is 0 Å². The van der Waals surface area contributed by atoms with Crippen molar-refractivity contribution in [2.45, 2.75) is 32.4 Å². The first-order chi connectivity index (χ1) is 8.09. The molecule has 0 aromatic heterocycles. The molecule has 2 rings (SSSR count). The Balaban J connectivity index is 2.00. The van der Waals surface area contributed by atoms with Crippen molar-refractivity contribution in [3.05, 3.63) is 29.8 Å². The molecule has 2 N–H and O–H groups in total. The fourth-order valence-electron chi connectivity index (χ4n) is 1.55. The van der Waals surface area contributed by atoms with Gasteiger partial charge in [-0.1, -0.05) is 12.1 Å². The fraction of sp³-hybridized carbons (Fsp3) is 0.500. The molecule has 0 aliphatic heterocycles. The van der Waals surface area contributed by atoms with Crippen LogP contribution in [0.3, 0.4) is 0 Å². The van der Waals surface area contributed by atoms with Crippen molar-refractivity contribution in [2.75, 3.05) is 10.5 Å². The second kappa shape index (κ2) is 5.06. The number of hydrogen-bond donors (Lipinski definition) is 2. The number of benzene rings is 1. The normalized spacial score (nSPS) is 15.8. The van der Waals surface area contributed by atoms with Crippen LogP contribution in [-0.2, 0) is 16.6 Å². The lowest BCUT2D eigenvalue weighted by Gasteiger charge is -2.08. The molecule has 1 aliphatic rings. The van der Waals surface area contributed by atoms with Gasteiger partial charge >= 0.3 is 0 Å². The van der Waals surface area contributed by atoms with E-state index in [2.05, 4.69) is 10.0 Å². The van der Waals surface area contributed by atoms with Gasteiger partial charge in [0.15, 0.2) is 0 Å². The summed E-state index contributed by atoms with van der Waals surface area (Å²) in [6.07, 6.45) is 2.50. The van der Waals surface area contributed by atoms with Crippen LogP contribution in [-0.4, -0.2) is 20.2 Å². The minimum absolute atomic E-state index is 0.0948. The van der Waals surface area contributed by atoms with Crippen LogP contribution in [0.25, 0.3) is 0 Å². The maximum Gasteiger partial charge on any atom is 0.232 e. The average molecular weight is 254 g/mol. The van der Waals surface area contributed by atoms with E-state index in [0.29, 0.717) is 11.7 Å². The number of anilines is 1. The van der Waals surface area contributed by atoms with Gasteiger partial charge < -0.3 is 5.32 Å². The molecular weight excluding hydrogens is 236 g/mol. The predicted octanol–water partition coefficient (Wildman–Crippen LogP) is 1.70. The molecule has 0 unspecified atom stereocenters. The Hall–Kier alpha value is -1.07. The molecule has 5 heteroatoms. The van der Waals surface area contributed by atoms with Crippen LogP contribution < -0.4 is 10.0 Å². The Labute approximate surface area is 102 Å². The Morgan fingerprint density at radius 3 is 2.76 bits per heavy atom. The summed E-state index contributed by atoms with van der Waals surface area (Å²) in [5, 5.41) is 3.40. The molecule has 0 spiro atoms. The third-order valence-electron chi connectivity index (χ3n) is 2.75. The van der Waals surface area contributed by atoms with E-state index in [1.54, 1.807) is 13.0 Å². The molecule has 0 bridgehead atoms. The maximum absolute atomic E-state index is 11.4. The van der Waals surface area contributed by atoms with Crippen LogP contribution in [0.5, 0.6) is 0 Å². The molecule has 0 radical (unpaired) electrons. The molecule has 1 aromatic rings. The first-order valence-corrected chi connectivity index (χ1v) is 7.57. The number of rotatable bonds is 6. The van der Waals surface area contributed by atoms with Gasteiger partial charge in [-0.05, 0) is 37.5 Å². The van der Waals surface area contributed by atoms with E-state index < -0.39 is 10.0 Å². The first kappa shape index (κ1) is 12.4. The van der Waals surface area contributed by atoms with E-state index in [9.17, 15) is 8.42 Å². The van der Waals surface area contributed by atoms with Gasteiger partial charge in [-0.25, -0.2) is 8.42 Å². The molecule has 4 nitrogen and oxygen atoms in total. The van der Waals surface area contributed by atoms with Crippen LogP contribution >= 0.6 is 0 Å². The summed E-state index contributed by atoms with van der Waals surface area (Å²) >= 11 is 0. The van der Waals surface area contributed by atoms with Gasteiger partial charge in [0.05, 0.1) is 5.75 Å². The average Bonchev–Trinajstić information content (AvgIpc) is 3.10. The van der Waals surface area contributed by atoms with Crippen LogP contribution in [0, 0.1) is 0 Å². The summed E-state index contributed by atoms with van der Waals surface area (Å²) in [6.45, 7) is 2.42. The van der Waals surface area contributed by atoms with Gasteiger partial charge in [-0.15, -0.1) is 0 Å². The molecular formula is C12H18N2O2S. The van der Waals surface area contributed by atoms with Crippen molar-refractivity contribution in [3.63, 3.8) is 0 Å². The van der Waals surface area contributed by atoms with E-state index in [-0.39, 0.29) is 5.75 Å². The molecule has 1 saturated carbocycles. The lowest BCUT2D eigenvalue weighted by Crippen LogP contribution is -2.17. The van der Waals surface area contributed by atoms with Crippen molar-refractivity contribution in [2.24, 2.45) is 0 Å². The van der Waals surface area contributed by atoms with Crippen LogP contribution in [0.4, 0.5) is 5.69 Å². The van der Waals surface area contributed by atoms with Gasteiger partial charge in [-0.3, -0.25) is 4.72 Å². The molecule has 0 heterocycles. The Bertz CT molecular complexity index is 481. The highest BCUT2D eigenvalue weighted by Gasteiger charge is 2.19. The van der Waals surface area contributed by atoms with Gasteiger partial charge in [0, 0.05) is 18.3 Å². The molecule has 94 valence electrons. The van der Waals surface area contributed by atoms with E-state index in [1.165, 1.54) is 12.8 Å². The van der Waals surface area contributed by atoms with Crippen LogP contribution in [0.15, 0.2) is 24.3 Å². The highest BCUT2D eigenvalue weighted by molar-refractivity contribution is 7.92. The van der Waals surface area contributed by atoms with Crippen molar-refractivity contribution in [1.82, 2.24) is 5.32 Å². The summed E-state index contributed by atoms with van der Waals surface area (Å²) in [7, 11) is -3.18. The minimum atomic E-state index is -3.18. The van der Waals surface area contributed by atoms with Crippen molar-refractivity contribution < 1.29 is 8.42 Å². The molecule has 1 aliphatic carbocycles. The molecule has 17 heavy (non-hydrogen) atoms. The smallest absolute Gasteiger partial charge is 0.232 e. The zero-order valence-corrected chi connectivity index (χ0v) is 10.8. The molecule has 0 amide bonds. The van der Waals surface area contributed by atoms with E-state index in [0.717, 1.165) is 12.1 Å². The summed E-state index contributed by atoms with van der Waals surface area (Å²) in [5.41, 5.74) is 1.75. The van der Waals surface area contributed by atoms with E-state index in [1.807, 2.05) is 18.2 Å². The molecule has 0 saturated heterocycles. The monoisotopic (exact) mass is 254 g/mol. The van der Waals surface area contributed by atoms with Crippen LogP contribution in [0.1, 0.15) is 25.3 Å². The third-order valence-corrected chi connectivity index (χ3v) is 4.06. The lowest BCUT2D eigenvalue weighted by molar-refractivity contribution is 0.602. The maximum atomic E-state index is 11.4. The second-order valence-corrected chi connectivity index (χ2v) is 6.37. The Morgan fingerprint density at radius 1 is 1.35 bits per heavy atom. The largest absolute Gasteiger partial charge is 0.310 e. The first-order valence-electron chi connectivity index (χ1n) is 5.92. The summed E-state index contributed by atoms with van der Waals surface area (Å²) in [4.78, 5) is 0. The zero-order chi connectivity index (χ0) is 12.3. The standard InChI is InChI=1S/C12H18N2O2S/c1-2-17(15,16)14-12-5-3-4-10(8-12)9-13-11-6-7-11/h3-5,8,11,13-14H,2,6-7,9H2,1H3. The van der Waals surface area contributed by atoms with Gasteiger partial charge in [-0.2, -0.15) is 0 Å². The topological polar surface area (TPSA) is 58.2 Å². The summed E-state index contributed by atoms with van der Waals surface area (Å²) in [6, 6.07) is 8.18. The quantitative estimate of drug-likeness (QED) is 0.812. The second-order valence-electron chi connectivity index (χ2n) is 4.36. The highest BCUT2D eigenvalue weighted by Crippen LogP contribution is 2.20. The number of nitrogens with one attached hydrogen (secondary N) is 2. The number of sulfonamides is 1. The molecule has 1 fully saturated rings. The third kappa shape index (κ3) is 4.02.